The van der Waals surface area contributed by atoms with Crippen molar-refractivity contribution in [1.29, 1.82) is 0 Å². The van der Waals surface area contributed by atoms with Gasteiger partial charge in [-0.05, 0) is 53.6 Å². The Kier molecular flexibility index (Phi) is 6.25. The van der Waals surface area contributed by atoms with Crippen LogP contribution in [-0.2, 0) is 6.61 Å². The van der Waals surface area contributed by atoms with Gasteiger partial charge < -0.3 is 14.6 Å². The Morgan fingerprint density at radius 3 is 2.50 bits per heavy atom. The number of benzene rings is 3. The number of ether oxygens (including phenoxy) is 2. The second-order valence-electron chi connectivity index (χ2n) is 5.93. The summed E-state index contributed by atoms with van der Waals surface area (Å²) in [7, 11) is 1.47. The number of phenols is 1. The molecule has 0 aliphatic rings. The normalized spacial score (nSPS) is 10.6. The summed E-state index contributed by atoms with van der Waals surface area (Å²) < 4.78 is 10.7. The van der Waals surface area contributed by atoms with E-state index in [2.05, 4.69) is 10.5 Å². The maximum absolute atomic E-state index is 12.2. The van der Waals surface area contributed by atoms with E-state index in [1.54, 1.807) is 36.4 Å². The van der Waals surface area contributed by atoms with Crippen LogP contribution in [-0.4, -0.2) is 24.3 Å². The van der Waals surface area contributed by atoms with Crippen molar-refractivity contribution in [2.75, 3.05) is 7.11 Å². The summed E-state index contributed by atoms with van der Waals surface area (Å²) in [5.41, 5.74) is 4.61. The first-order valence-corrected chi connectivity index (χ1v) is 8.63. The van der Waals surface area contributed by atoms with Gasteiger partial charge in [0.25, 0.3) is 5.91 Å². The molecule has 0 fully saturated rings. The molecule has 28 heavy (non-hydrogen) atoms. The van der Waals surface area contributed by atoms with Crippen LogP contribution in [0.4, 0.5) is 0 Å². The van der Waals surface area contributed by atoms with Crippen LogP contribution < -0.4 is 14.9 Å². The predicted octanol–water partition coefficient (Wildman–Crippen LogP) is 3.74. The SMILES string of the molecule is COc1ccc(C=NNC(=O)c2ccc(OCc3ccccc3)cc2)cc1O. The van der Waals surface area contributed by atoms with Gasteiger partial charge in [0.2, 0.25) is 0 Å². The summed E-state index contributed by atoms with van der Waals surface area (Å²) in [5.74, 6) is 0.709. The summed E-state index contributed by atoms with van der Waals surface area (Å²) in [6, 6.07) is 21.5. The average molecular weight is 376 g/mol. The Labute approximate surface area is 163 Å². The van der Waals surface area contributed by atoms with Crippen molar-refractivity contribution in [1.82, 2.24) is 5.43 Å². The van der Waals surface area contributed by atoms with E-state index in [0.29, 0.717) is 29.2 Å². The number of carbonyl (C=O) groups excluding carboxylic acids is 1. The lowest BCUT2D eigenvalue weighted by Crippen LogP contribution is -2.17. The average Bonchev–Trinajstić information content (AvgIpc) is 2.73. The molecule has 6 nitrogen and oxygen atoms in total. The molecule has 0 spiro atoms. The third-order valence-electron chi connectivity index (χ3n) is 3.95. The standard InChI is InChI=1S/C22H20N2O4/c1-27-21-12-7-17(13-20(21)25)14-23-24-22(26)18-8-10-19(11-9-18)28-15-16-5-3-2-4-6-16/h2-14,25H,15H2,1H3,(H,24,26). The molecule has 0 radical (unpaired) electrons. The smallest absolute Gasteiger partial charge is 0.271 e. The zero-order valence-electron chi connectivity index (χ0n) is 15.3. The molecule has 2 N–H and O–H groups in total. The lowest BCUT2D eigenvalue weighted by molar-refractivity contribution is 0.0955. The van der Waals surface area contributed by atoms with Gasteiger partial charge in [0, 0.05) is 5.56 Å². The number of nitrogens with zero attached hydrogens (tertiary/aromatic N) is 1. The highest BCUT2D eigenvalue weighted by molar-refractivity contribution is 5.95. The van der Waals surface area contributed by atoms with Crippen molar-refractivity contribution >= 4 is 12.1 Å². The van der Waals surface area contributed by atoms with Crippen molar-refractivity contribution in [2.24, 2.45) is 5.10 Å². The first kappa shape index (κ1) is 19.0. The summed E-state index contributed by atoms with van der Waals surface area (Å²) in [4.78, 5) is 12.2. The second kappa shape index (κ2) is 9.23. The van der Waals surface area contributed by atoms with Crippen LogP contribution in [0.15, 0.2) is 77.9 Å². The van der Waals surface area contributed by atoms with Gasteiger partial charge in [0.1, 0.15) is 12.4 Å². The van der Waals surface area contributed by atoms with Crippen molar-refractivity contribution in [3.63, 3.8) is 0 Å². The summed E-state index contributed by atoms with van der Waals surface area (Å²) in [6.45, 7) is 0.464. The maximum Gasteiger partial charge on any atom is 0.271 e. The number of hydrogen-bond acceptors (Lipinski definition) is 5. The number of amides is 1. The van der Waals surface area contributed by atoms with E-state index in [-0.39, 0.29) is 11.7 Å². The quantitative estimate of drug-likeness (QED) is 0.486. The molecule has 0 aliphatic heterocycles. The molecule has 0 heterocycles. The molecule has 0 saturated heterocycles. The number of phenolic OH excluding ortho intramolecular Hbond substituents is 1. The minimum Gasteiger partial charge on any atom is -0.504 e. The maximum atomic E-state index is 12.2. The zero-order chi connectivity index (χ0) is 19.8. The lowest BCUT2D eigenvalue weighted by atomic mass is 10.2. The number of rotatable bonds is 7. The highest BCUT2D eigenvalue weighted by Gasteiger charge is 2.05. The van der Waals surface area contributed by atoms with Crippen molar-refractivity contribution in [3.05, 3.63) is 89.5 Å². The number of hydrazone groups is 1. The Morgan fingerprint density at radius 1 is 1.07 bits per heavy atom. The van der Waals surface area contributed by atoms with Gasteiger partial charge in [-0.1, -0.05) is 30.3 Å². The van der Waals surface area contributed by atoms with Gasteiger partial charge in [-0.2, -0.15) is 5.10 Å². The molecule has 6 heteroatoms. The van der Waals surface area contributed by atoms with Crippen molar-refractivity contribution in [2.45, 2.75) is 6.61 Å². The highest BCUT2D eigenvalue weighted by Crippen LogP contribution is 2.25. The molecular weight excluding hydrogens is 356 g/mol. The predicted molar refractivity (Wildman–Crippen MR) is 107 cm³/mol. The van der Waals surface area contributed by atoms with Crippen molar-refractivity contribution < 1.29 is 19.4 Å². The van der Waals surface area contributed by atoms with E-state index in [1.165, 1.54) is 19.4 Å². The molecule has 142 valence electrons. The van der Waals surface area contributed by atoms with E-state index in [9.17, 15) is 9.90 Å². The molecule has 0 unspecified atom stereocenters. The third kappa shape index (κ3) is 5.11. The first-order valence-electron chi connectivity index (χ1n) is 8.63. The molecule has 3 aromatic rings. The highest BCUT2D eigenvalue weighted by atomic mass is 16.5. The number of aromatic hydroxyl groups is 1. The van der Waals surface area contributed by atoms with Gasteiger partial charge >= 0.3 is 0 Å². The molecule has 3 aromatic carbocycles. The molecule has 0 bridgehead atoms. The van der Waals surface area contributed by atoms with E-state index < -0.39 is 0 Å². The molecule has 0 saturated carbocycles. The Balaban J connectivity index is 1.53. The van der Waals surface area contributed by atoms with Crippen LogP contribution in [0.2, 0.25) is 0 Å². The Hall–Kier alpha value is -3.80. The van der Waals surface area contributed by atoms with Gasteiger partial charge in [-0.15, -0.1) is 0 Å². The molecule has 1 amide bonds. The monoisotopic (exact) mass is 376 g/mol. The van der Waals surface area contributed by atoms with Crippen LogP contribution in [0.3, 0.4) is 0 Å². The number of methoxy groups -OCH3 is 1. The minimum absolute atomic E-state index is 0.00358. The van der Waals surface area contributed by atoms with Crippen LogP contribution in [0.25, 0.3) is 0 Å². The van der Waals surface area contributed by atoms with Crippen LogP contribution in [0.1, 0.15) is 21.5 Å². The third-order valence-corrected chi connectivity index (χ3v) is 3.95. The van der Waals surface area contributed by atoms with E-state index >= 15 is 0 Å². The lowest BCUT2D eigenvalue weighted by Gasteiger charge is -2.07. The largest absolute Gasteiger partial charge is 0.504 e. The molecule has 0 atom stereocenters. The molecule has 3 rings (SSSR count). The summed E-state index contributed by atoms with van der Waals surface area (Å²) in [6.07, 6.45) is 1.44. The van der Waals surface area contributed by atoms with Gasteiger partial charge in [-0.3, -0.25) is 4.79 Å². The Morgan fingerprint density at radius 2 is 1.82 bits per heavy atom. The van der Waals surface area contributed by atoms with E-state index in [0.717, 1.165) is 5.56 Å². The van der Waals surface area contributed by atoms with E-state index in [1.807, 2.05) is 30.3 Å². The van der Waals surface area contributed by atoms with Crippen LogP contribution in [0.5, 0.6) is 17.2 Å². The van der Waals surface area contributed by atoms with Crippen LogP contribution >= 0.6 is 0 Å². The Bertz CT molecular complexity index is 954. The van der Waals surface area contributed by atoms with Gasteiger partial charge in [-0.25, -0.2) is 5.43 Å². The van der Waals surface area contributed by atoms with Crippen molar-refractivity contribution in [3.8, 4) is 17.2 Å². The topological polar surface area (TPSA) is 80.2 Å². The first-order chi connectivity index (χ1) is 13.7. The minimum atomic E-state index is -0.344. The summed E-state index contributed by atoms with van der Waals surface area (Å²) in [5, 5.41) is 13.6. The molecule has 0 aliphatic carbocycles. The van der Waals surface area contributed by atoms with Crippen LogP contribution in [0, 0.1) is 0 Å². The van der Waals surface area contributed by atoms with E-state index in [4.69, 9.17) is 9.47 Å². The zero-order valence-corrected chi connectivity index (χ0v) is 15.3. The van der Waals surface area contributed by atoms with Gasteiger partial charge in [0.05, 0.1) is 13.3 Å². The van der Waals surface area contributed by atoms with Gasteiger partial charge in [0.15, 0.2) is 11.5 Å². The number of nitrogens with one attached hydrogen (secondary N) is 1. The fraction of sp³-hybridized carbons (Fsp3) is 0.0909. The fourth-order valence-corrected chi connectivity index (χ4v) is 2.46. The molecule has 0 aromatic heterocycles. The summed E-state index contributed by atoms with van der Waals surface area (Å²) >= 11 is 0. The number of hydrogen-bond donors (Lipinski definition) is 2. The molecular formula is C22H20N2O4. The fourth-order valence-electron chi connectivity index (χ4n) is 2.46. The number of carbonyl (C=O) groups is 1. The second-order valence-corrected chi connectivity index (χ2v) is 5.93.